The van der Waals surface area contributed by atoms with Crippen molar-refractivity contribution in [1.82, 2.24) is 10.3 Å². The molecular formula is C14H16ClN3. The third-order valence-electron chi connectivity index (χ3n) is 3.41. The van der Waals surface area contributed by atoms with Crippen molar-refractivity contribution in [3.8, 4) is 0 Å². The average molecular weight is 262 g/mol. The van der Waals surface area contributed by atoms with Crippen molar-refractivity contribution in [2.24, 2.45) is 0 Å². The molecule has 1 unspecified atom stereocenters. The monoisotopic (exact) mass is 261 g/mol. The molecular weight excluding hydrogens is 246 g/mol. The van der Waals surface area contributed by atoms with E-state index in [0.717, 1.165) is 34.7 Å². The van der Waals surface area contributed by atoms with Crippen molar-refractivity contribution in [3.05, 3.63) is 35.5 Å². The fourth-order valence-electron chi connectivity index (χ4n) is 2.44. The number of hydrogen-bond donors (Lipinski definition) is 2. The molecule has 1 aromatic carbocycles. The van der Waals surface area contributed by atoms with Gasteiger partial charge < -0.3 is 10.6 Å². The predicted molar refractivity (Wildman–Crippen MR) is 76.3 cm³/mol. The Morgan fingerprint density at radius 1 is 1.39 bits per heavy atom. The number of fused-ring (bicyclic) bond motifs is 1. The van der Waals surface area contributed by atoms with E-state index in [0.29, 0.717) is 6.04 Å². The van der Waals surface area contributed by atoms with Crippen LogP contribution >= 0.6 is 11.6 Å². The number of anilines is 1. The van der Waals surface area contributed by atoms with E-state index >= 15 is 0 Å². The molecule has 3 nitrogen and oxygen atoms in total. The number of pyridine rings is 1. The Bertz CT molecular complexity index is 550. The SMILES string of the molecule is Clc1ccc2c(NCC3CCCN3)ccnc2c1. The smallest absolute Gasteiger partial charge is 0.0737 e. The van der Waals surface area contributed by atoms with Crippen LogP contribution in [0.1, 0.15) is 12.8 Å². The van der Waals surface area contributed by atoms with E-state index in [9.17, 15) is 0 Å². The van der Waals surface area contributed by atoms with E-state index in [1.165, 1.54) is 12.8 Å². The molecule has 2 heterocycles. The van der Waals surface area contributed by atoms with Gasteiger partial charge in [-0.15, -0.1) is 0 Å². The Morgan fingerprint density at radius 3 is 3.17 bits per heavy atom. The summed E-state index contributed by atoms with van der Waals surface area (Å²) in [6.07, 6.45) is 4.35. The predicted octanol–water partition coefficient (Wildman–Crippen LogP) is 3.05. The maximum Gasteiger partial charge on any atom is 0.0737 e. The zero-order valence-electron chi connectivity index (χ0n) is 10.1. The molecule has 1 fully saturated rings. The van der Waals surface area contributed by atoms with Crippen LogP contribution in [-0.2, 0) is 0 Å². The van der Waals surface area contributed by atoms with Gasteiger partial charge in [0.05, 0.1) is 5.52 Å². The van der Waals surface area contributed by atoms with Crippen molar-refractivity contribution < 1.29 is 0 Å². The molecule has 0 saturated carbocycles. The van der Waals surface area contributed by atoms with Crippen LogP contribution in [0.4, 0.5) is 5.69 Å². The molecule has 1 atom stereocenters. The Morgan fingerprint density at radius 2 is 2.33 bits per heavy atom. The van der Waals surface area contributed by atoms with E-state index in [-0.39, 0.29) is 0 Å². The molecule has 4 heteroatoms. The largest absolute Gasteiger partial charge is 0.383 e. The summed E-state index contributed by atoms with van der Waals surface area (Å²) in [5.41, 5.74) is 2.07. The minimum absolute atomic E-state index is 0.584. The highest BCUT2D eigenvalue weighted by Crippen LogP contribution is 2.24. The zero-order chi connectivity index (χ0) is 12.4. The van der Waals surface area contributed by atoms with Crippen LogP contribution in [0.5, 0.6) is 0 Å². The molecule has 0 aliphatic carbocycles. The lowest BCUT2D eigenvalue weighted by Gasteiger charge is -2.14. The van der Waals surface area contributed by atoms with Gasteiger partial charge in [-0.1, -0.05) is 11.6 Å². The van der Waals surface area contributed by atoms with Gasteiger partial charge in [0.25, 0.3) is 0 Å². The first-order valence-electron chi connectivity index (χ1n) is 6.34. The molecule has 94 valence electrons. The van der Waals surface area contributed by atoms with Crippen molar-refractivity contribution in [2.45, 2.75) is 18.9 Å². The van der Waals surface area contributed by atoms with Gasteiger partial charge >= 0.3 is 0 Å². The summed E-state index contributed by atoms with van der Waals surface area (Å²) < 4.78 is 0. The second-order valence-corrected chi connectivity index (χ2v) is 5.13. The van der Waals surface area contributed by atoms with Crippen LogP contribution in [0.2, 0.25) is 5.02 Å². The minimum Gasteiger partial charge on any atom is -0.383 e. The van der Waals surface area contributed by atoms with Crippen molar-refractivity contribution in [1.29, 1.82) is 0 Å². The molecule has 1 aliphatic heterocycles. The van der Waals surface area contributed by atoms with E-state index in [1.54, 1.807) is 0 Å². The number of aromatic nitrogens is 1. The second kappa shape index (κ2) is 5.12. The summed E-state index contributed by atoms with van der Waals surface area (Å²) in [5.74, 6) is 0. The highest BCUT2D eigenvalue weighted by Gasteiger charge is 2.13. The van der Waals surface area contributed by atoms with Crippen LogP contribution in [0.3, 0.4) is 0 Å². The maximum absolute atomic E-state index is 5.98. The highest BCUT2D eigenvalue weighted by atomic mass is 35.5. The Labute approximate surface area is 112 Å². The number of benzene rings is 1. The number of nitrogens with zero attached hydrogens (tertiary/aromatic N) is 1. The zero-order valence-corrected chi connectivity index (χ0v) is 10.9. The van der Waals surface area contributed by atoms with E-state index < -0.39 is 0 Å². The molecule has 1 aromatic heterocycles. The normalized spacial score (nSPS) is 19.3. The first kappa shape index (κ1) is 11.8. The molecule has 3 rings (SSSR count). The molecule has 0 radical (unpaired) electrons. The fraction of sp³-hybridized carbons (Fsp3) is 0.357. The Balaban J connectivity index is 1.82. The van der Waals surface area contributed by atoms with Crippen LogP contribution in [0.15, 0.2) is 30.5 Å². The number of nitrogens with one attached hydrogen (secondary N) is 2. The number of hydrogen-bond acceptors (Lipinski definition) is 3. The van der Waals surface area contributed by atoms with Gasteiger partial charge in [0.1, 0.15) is 0 Å². The molecule has 0 spiro atoms. The van der Waals surface area contributed by atoms with Crippen molar-refractivity contribution in [2.75, 3.05) is 18.4 Å². The molecule has 1 aliphatic rings. The molecule has 2 aromatic rings. The molecule has 2 N–H and O–H groups in total. The Hall–Kier alpha value is -1.32. The molecule has 0 bridgehead atoms. The first-order valence-corrected chi connectivity index (χ1v) is 6.72. The van der Waals surface area contributed by atoms with E-state index in [4.69, 9.17) is 11.6 Å². The minimum atomic E-state index is 0.584. The summed E-state index contributed by atoms with van der Waals surface area (Å²) >= 11 is 5.98. The lowest BCUT2D eigenvalue weighted by Crippen LogP contribution is -2.29. The first-order chi connectivity index (χ1) is 8.83. The fourth-order valence-corrected chi connectivity index (χ4v) is 2.61. The van der Waals surface area contributed by atoms with Gasteiger partial charge in [0.2, 0.25) is 0 Å². The quantitative estimate of drug-likeness (QED) is 0.892. The van der Waals surface area contributed by atoms with Crippen molar-refractivity contribution in [3.63, 3.8) is 0 Å². The van der Waals surface area contributed by atoms with Gasteiger partial charge in [-0.2, -0.15) is 0 Å². The van der Waals surface area contributed by atoms with Crippen LogP contribution in [-0.4, -0.2) is 24.1 Å². The van der Waals surface area contributed by atoms with Crippen molar-refractivity contribution >= 4 is 28.2 Å². The van der Waals surface area contributed by atoms with Gasteiger partial charge in [0.15, 0.2) is 0 Å². The molecule has 18 heavy (non-hydrogen) atoms. The summed E-state index contributed by atoms with van der Waals surface area (Å²) in [5, 5.41) is 8.84. The van der Waals surface area contributed by atoms with E-state index in [2.05, 4.69) is 15.6 Å². The van der Waals surface area contributed by atoms with E-state index in [1.807, 2.05) is 30.5 Å². The number of rotatable bonds is 3. The van der Waals surface area contributed by atoms with Crippen LogP contribution in [0, 0.1) is 0 Å². The third-order valence-corrected chi connectivity index (χ3v) is 3.64. The van der Waals surface area contributed by atoms with Crippen LogP contribution < -0.4 is 10.6 Å². The van der Waals surface area contributed by atoms with Gasteiger partial charge in [0, 0.05) is 34.9 Å². The average Bonchev–Trinajstić information content (AvgIpc) is 2.89. The lowest BCUT2D eigenvalue weighted by molar-refractivity contribution is 0.634. The van der Waals surface area contributed by atoms with Gasteiger partial charge in [-0.25, -0.2) is 0 Å². The van der Waals surface area contributed by atoms with Crippen LogP contribution in [0.25, 0.3) is 10.9 Å². The summed E-state index contributed by atoms with van der Waals surface area (Å²) in [6.45, 7) is 2.10. The number of halogens is 1. The third kappa shape index (κ3) is 2.42. The van der Waals surface area contributed by atoms with Gasteiger partial charge in [-0.3, -0.25) is 4.98 Å². The summed E-state index contributed by atoms with van der Waals surface area (Å²) in [7, 11) is 0. The highest BCUT2D eigenvalue weighted by molar-refractivity contribution is 6.31. The summed E-state index contributed by atoms with van der Waals surface area (Å²) in [6, 6.07) is 8.43. The van der Waals surface area contributed by atoms with Gasteiger partial charge in [-0.05, 0) is 43.7 Å². The topological polar surface area (TPSA) is 37.0 Å². The second-order valence-electron chi connectivity index (χ2n) is 4.69. The summed E-state index contributed by atoms with van der Waals surface area (Å²) in [4.78, 5) is 4.34. The maximum atomic E-state index is 5.98. The molecule has 0 amide bonds. The Kier molecular flexibility index (Phi) is 3.35. The lowest BCUT2D eigenvalue weighted by atomic mass is 10.1. The standard InChI is InChI=1S/C14H16ClN3/c15-10-3-4-12-13(5-7-17-14(12)8-10)18-9-11-2-1-6-16-11/h3-5,7-8,11,16H,1-2,6,9H2,(H,17,18). The molecule has 1 saturated heterocycles.